The van der Waals surface area contributed by atoms with Gasteiger partial charge < -0.3 is 9.72 Å². The molecule has 2 heterocycles. The lowest BCUT2D eigenvalue weighted by Crippen LogP contribution is -2.21. The number of hydrogen-bond acceptors (Lipinski definition) is 3. The first-order valence-corrected chi connectivity index (χ1v) is 8.63. The fraction of sp³-hybridized carbons (Fsp3) is 0.471. The van der Waals surface area contributed by atoms with Crippen LogP contribution in [0.4, 0.5) is 0 Å². The number of nitrogens with one attached hydrogen (secondary N) is 1. The van der Waals surface area contributed by atoms with Crippen molar-refractivity contribution in [2.24, 2.45) is 0 Å². The van der Waals surface area contributed by atoms with Crippen molar-refractivity contribution in [3.63, 3.8) is 0 Å². The van der Waals surface area contributed by atoms with Gasteiger partial charge in [0.05, 0.1) is 11.8 Å². The second-order valence-electron chi connectivity index (χ2n) is 5.58. The van der Waals surface area contributed by atoms with Gasteiger partial charge in [0.15, 0.2) is 5.16 Å². The first-order valence-electron chi connectivity index (χ1n) is 7.65. The van der Waals surface area contributed by atoms with Gasteiger partial charge in [0.25, 0.3) is 0 Å². The van der Waals surface area contributed by atoms with E-state index in [9.17, 15) is 0 Å². The minimum absolute atomic E-state index is 0.395. The van der Waals surface area contributed by atoms with E-state index in [-0.39, 0.29) is 0 Å². The summed E-state index contributed by atoms with van der Waals surface area (Å²) < 4.78 is 5.77. The van der Waals surface area contributed by atoms with Gasteiger partial charge in [-0.15, -0.1) is 0 Å². The van der Waals surface area contributed by atoms with E-state index in [4.69, 9.17) is 9.72 Å². The Hall–Kier alpha value is -1.26. The number of hydrogen-bond donors (Lipinski definition) is 1. The number of imidazole rings is 1. The number of aryl methyl sites for hydroxylation is 1. The summed E-state index contributed by atoms with van der Waals surface area (Å²) in [5.41, 5.74) is 3.62. The number of nitrogens with zero attached hydrogens (tertiary/aromatic N) is 1. The Bertz CT molecular complexity index is 561. The van der Waals surface area contributed by atoms with Crippen LogP contribution < -0.4 is 0 Å². The van der Waals surface area contributed by atoms with Gasteiger partial charge in [-0.05, 0) is 31.7 Å². The van der Waals surface area contributed by atoms with Gasteiger partial charge in [-0.1, -0.05) is 42.1 Å². The number of rotatable bonds is 5. The molecule has 0 aliphatic carbocycles. The van der Waals surface area contributed by atoms with Gasteiger partial charge in [0, 0.05) is 24.5 Å². The molecule has 0 radical (unpaired) electrons. The maximum Gasteiger partial charge on any atom is 0.165 e. The van der Waals surface area contributed by atoms with E-state index >= 15 is 0 Å². The van der Waals surface area contributed by atoms with Crippen LogP contribution in [0, 0.1) is 6.92 Å². The summed E-state index contributed by atoms with van der Waals surface area (Å²) in [5, 5.41) is 1.02. The van der Waals surface area contributed by atoms with Gasteiger partial charge in [0.1, 0.15) is 0 Å². The van der Waals surface area contributed by atoms with E-state index in [2.05, 4.69) is 36.2 Å². The summed E-state index contributed by atoms with van der Waals surface area (Å²) in [6.45, 7) is 3.02. The summed E-state index contributed by atoms with van der Waals surface area (Å²) in [6.07, 6.45) is 4.98. The molecule has 1 aliphatic heterocycles. The maximum absolute atomic E-state index is 5.77. The summed E-state index contributed by atoms with van der Waals surface area (Å²) >= 11 is 1.78. The molecule has 4 heteroatoms. The molecule has 0 spiro atoms. The fourth-order valence-corrected chi connectivity index (χ4v) is 3.61. The van der Waals surface area contributed by atoms with Gasteiger partial charge in [0.2, 0.25) is 0 Å². The number of thioether (sulfide) groups is 1. The van der Waals surface area contributed by atoms with Crippen LogP contribution >= 0.6 is 11.8 Å². The van der Waals surface area contributed by atoms with Crippen LogP contribution in [0.25, 0.3) is 0 Å². The summed E-state index contributed by atoms with van der Waals surface area (Å²) in [7, 11) is 0. The molecule has 1 fully saturated rings. The molecule has 1 saturated heterocycles. The predicted octanol–water partition coefficient (Wildman–Crippen LogP) is 3.97. The van der Waals surface area contributed by atoms with Gasteiger partial charge in [-0.25, -0.2) is 4.98 Å². The average molecular weight is 302 g/mol. The summed E-state index contributed by atoms with van der Waals surface area (Å²) in [5.74, 6) is 0.998. The van der Waals surface area contributed by atoms with E-state index in [1.165, 1.54) is 30.5 Å². The zero-order chi connectivity index (χ0) is 14.5. The first kappa shape index (κ1) is 14.7. The molecule has 0 amide bonds. The van der Waals surface area contributed by atoms with Gasteiger partial charge in [-0.2, -0.15) is 0 Å². The molecule has 3 rings (SSSR count). The quantitative estimate of drug-likeness (QED) is 0.849. The highest BCUT2D eigenvalue weighted by molar-refractivity contribution is 7.99. The Balaban J connectivity index is 1.58. The van der Waals surface area contributed by atoms with Crippen molar-refractivity contribution in [3.8, 4) is 0 Å². The average Bonchev–Trinajstić information content (AvgIpc) is 2.87. The highest BCUT2D eigenvalue weighted by Gasteiger charge is 2.15. The molecule has 2 aromatic rings. The monoisotopic (exact) mass is 302 g/mol. The molecule has 0 bridgehead atoms. The SMILES string of the molecule is Cc1[nH]c(SC[C@@H]2CCCCO2)nc1Cc1ccccc1. The van der Waals surface area contributed by atoms with Crippen molar-refractivity contribution < 1.29 is 4.74 Å². The van der Waals surface area contributed by atoms with Crippen molar-refractivity contribution >= 4 is 11.8 Å². The molecule has 1 N–H and O–H groups in total. The molecular formula is C17H22N2OS. The van der Waals surface area contributed by atoms with Gasteiger partial charge >= 0.3 is 0 Å². The molecule has 0 unspecified atom stereocenters. The van der Waals surface area contributed by atoms with Crippen LogP contribution in [0.15, 0.2) is 35.5 Å². The first-order chi connectivity index (χ1) is 10.3. The van der Waals surface area contributed by atoms with Crippen LogP contribution in [0.2, 0.25) is 0 Å². The van der Waals surface area contributed by atoms with E-state index < -0.39 is 0 Å². The standard InChI is InChI=1S/C17H22N2OS/c1-13-16(11-14-7-3-2-4-8-14)19-17(18-13)21-12-15-9-5-6-10-20-15/h2-4,7-8,15H,5-6,9-12H2,1H3,(H,18,19)/t15-/m0/s1. The molecule has 112 valence electrons. The molecular weight excluding hydrogens is 280 g/mol. The number of aromatic nitrogens is 2. The minimum atomic E-state index is 0.395. The zero-order valence-corrected chi connectivity index (χ0v) is 13.3. The van der Waals surface area contributed by atoms with E-state index in [1.807, 2.05) is 6.07 Å². The molecule has 1 aromatic heterocycles. The molecule has 1 aromatic carbocycles. The third-order valence-corrected chi connectivity index (χ3v) is 4.86. The van der Waals surface area contributed by atoms with Crippen molar-refractivity contribution in [1.82, 2.24) is 9.97 Å². The number of H-pyrrole nitrogens is 1. The Morgan fingerprint density at radius 2 is 2.14 bits per heavy atom. The lowest BCUT2D eigenvalue weighted by Gasteiger charge is -2.21. The van der Waals surface area contributed by atoms with Crippen molar-refractivity contribution in [3.05, 3.63) is 47.3 Å². The van der Waals surface area contributed by atoms with E-state index in [0.29, 0.717) is 6.10 Å². The van der Waals surface area contributed by atoms with Crippen molar-refractivity contribution in [1.29, 1.82) is 0 Å². The highest BCUT2D eigenvalue weighted by atomic mass is 32.2. The van der Waals surface area contributed by atoms with E-state index in [1.54, 1.807) is 11.8 Å². The van der Waals surface area contributed by atoms with Crippen molar-refractivity contribution in [2.75, 3.05) is 12.4 Å². The Morgan fingerprint density at radius 3 is 2.90 bits per heavy atom. The Labute approximate surface area is 130 Å². The van der Waals surface area contributed by atoms with Crippen LogP contribution in [0.5, 0.6) is 0 Å². The number of aromatic amines is 1. The van der Waals surface area contributed by atoms with Crippen LogP contribution in [0.3, 0.4) is 0 Å². The highest BCUT2D eigenvalue weighted by Crippen LogP contribution is 2.23. The maximum atomic E-state index is 5.77. The molecule has 21 heavy (non-hydrogen) atoms. The molecule has 1 atom stereocenters. The largest absolute Gasteiger partial charge is 0.377 e. The molecule has 3 nitrogen and oxygen atoms in total. The number of ether oxygens (including phenoxy) is 1. The van der Waals surface area contributed by atoms with Crippen molar-refractivity contribution in [2.45, 2.75) is 43.9 Å². The predicted molar refractivity (Wildman–Crippen MR) is 86.9 cm³/mol. The summed E-state index contributed by atoms with van der Waals surface area (Å²) in [4.78, 5) is 8.14. The Morgan fingerprint density at radius 1 is 1.29 bits per heavy atom. The molecule has 0 saturated carbocycles. The third kappa shape index (κ3) is 4.11. The van der Waals surface area contributed by atoms with Crippen LogP contribution in [-0.2, 0) is 11.2 Å². The van der Waals surface area contributed by atoms with E-state index in [0.717, 1.165) is 29.6 Å². The number of benzene rings is 1. The topological polar surface area (TPSA) is 37.9 Å². The minimum Gasteiger partial charge on any atom is -0.377 e. The normalized spacial score (nSPS) is 18.8. The summed E-state index contributed by atoms with van der Waals surface area (Å²) in [6, 6.07) is 10.5. The van der Waals surface area contributed by atoms with Gasteiger partial charge in [-0.3, -0.25) is 0 Å². The Kier molecular flexibility index (Phi) is 4.99. The lowest BCUT2D eigenvalue weighted by atomic mass is 10.1. The van der Waals surface area contributed by atoms with Crippen LogP contribution in [-0.4, -0.2) is 28.4 Å². The lowest BCUT2D eigenvalue weighted by molar-refractivity contribution is 0.0315. The molecule has 1 aliphatic rings. The smallest absolute Gasteiger partial charge is 0.165 e. The fourth-order valence-electron chi connectivity index (χ4n) is 2.61. The zero-order valence-electron chi connectivity index (χ0n) is 12.5. The van der Waals surface area contributed by atoms with Crippen LogP contribution in [0.1, 0.15) is 36.2 Å². The second kappa shape index (κ2) is 7.14. The second-order valence-corrected chi connectivity index (χ2v) is 6.58. The third-order valence-electron chi connectivity index (χ3n) is 3.86.